The molecule has 0 aromatic rings. The topological polar surface area (TPSA) is 752 Å². The fraction of sp³-hybridized carbons (Fsp3) is 0.698. The number of nitrogens with one attached hydrogen (secondary N) is 8. The molecular formula is C53H105N29O11. The lowest BCUT2D eigenvalue weighted by atomic mass is 9.96. The number of rotatable bonds is 50. The Morgan fingerprint density at radius 3 is 0.892 bits per heavy atom. The Kier molecular flexibility index (Phi) is 42.2. The summed E-state index contributed by atoms with van der Waals surface area (Å²) in [6.07, 6.45) is 0.310. The molecule has 0 aliphatic rings. The molecule has 0 aromatic carbocycles. The molecule has 0 aromatic heterocycles. The first-order valence-corrected chi connectivity index (χ1v) is 30.6. The van der Waals surface area contributed by atoms with Gasteiger partial charge < -0.3 is 134 Å². The predicted octanol–water partition coefficient (Wildman–Crippen LogP) is -9.96. The number of amides is 9. The van der Waals surface area contributed by atoms with Crippen molar-refractivity contribution < 1.29 is 53.1 Å². The van der Waals surface area contributed by atoms with Crippen LogP contribution in [0.3, 0.4) is 0 Å². The minimum atomic E-state index is -1.69. The maximum atomic E-state index is 14.6. The average Bonchev–Trinajstić information content (AvgIpc) is 1.02. The standard InChI is InChI=1S/C53H105N29O11/c1-3-28(2)38(82-45(90)30(13-4-5-21-54)75-39(84)29(55)12-6-22-69-48(57)58)46(91)80-34(17-10-26-73-52(65)66)42(87)76-32(15-8-24-71-50(61)62)41(86)79-35(19-20-37(56)83)44(89)78-31(14-7-23-70-49(59)60)40(85)77-33(16-9-25-72-51(63)64)43(88)81-36(47(92)93)18-11-27-74-53(67)68/h28-36,38H,3-27,54-55H2,1-2H3,(H2,56,83)(H,75,84)(H,76,87)(H,77,85)(H,78,89)(H,79,86)(H,80,91)(H,81,88)(H,82,90)(H,92,93)(H4,57,58,69)(H4,59,60,70)(H4,61,62,71)(H4,63,64,72)(H4,65,66,73)(H4,67,68,74)/t28-,29+,30-,31-,32+,33-,34-,35-,36+,38-/m0/s1. The minimum absolute atomic E-state index is 0.0191. The van der Waals surface area contributed by atoms with Crippen LogP contribution in [0, 0.1) is 5.92 Å². The first-order valence-electron chi connectivity index (χ1n) is 30.6. The van der Waals surface area contributed by atoms with Gasteiger partial charge in [-0.2, -0.15) is 0 Å². The summed E-state index contributed by atoms with van der Waals surface area (Å²) < 4.78 is 0. The van der Waals surface area contributed by atoms with Crippen LogP contribution in [-0.2, 0) is 47.9 Å². The van der Waals surface area contributed by atoms with Gasteiger partial charge in [-0.1, -0.05) is 20.3 Å². The Morgan fingerprint density at radius 2 is 0.602 bits per heavy atom. The Balaban J connectivity index is 7.43. The lowest BCUT2D eigenvalue weighted by Crippen LogP contribution is -2.61. The van der Waals surface area contributed by atoms with Crippen molar-refractivity contribution in [2.75, 3.05) is 45.8 Å². The summed E-state index contributed by atoms with van der Waals surface area (Å²) in [6.45, 7) is 3.78. The van der Waals surface area contributed by atoms with Gasteiger partial charge in [-0.05, 0) is 115 Å². The predicted molar refractivity (Wildman–Crippen MR) is 351 cm³/mol. The van der Waals surface area contributed by atoms with Crippen molar-refractivity contribution in [1.82, 2.24) is 42.5 Å². The van der Waals surface area contributed by atoms with E-state index in [9.17, 15) is 53.1 Å². The smallest absolute Gasteiger partial charge is 0.326 e. The molecule has 0 bridgehead atoms. The van der Waals surface area contributed by atoms with E-state index in [1.54, 1.807) is 13.8 Å². The second kappa shape index (κ2) is 47.2. The lowest BCUT2D eigenvalue weighted by Gasteiger charge is -2.29. The van der Waals surface area contributed by atoms with E-state index in [4.69, 9.17) is 86.0 Å². The Morgan fingerprint density at radius 1 is 0.344 bits per heavy atom. The molecule has 0 aliphatic heterocycles. The highest BCUT2D eigenvalue weighted by atomic mass is 16.4. The number of carboxylic acids is 1. The van der Waals surface area contributed by atoms with Gasteiger partial charge in [0.05, 0.1) is 6.04 Å². The van der Waals surface area contributed by atoms with E-state index >= 15 is 0 Å². The third kappa shape index (κ3) is 39.2. The van der Waals surface area contributed by atoms with Crippen LogP contribution in [-0.4, -0.2) is 200 Å². The molecular weight excluding hydrogens is 1220 g/mol. The van der Waals surface area contributed by atoms with Crippen LogP contribution in [0.4, 0.5) is 0 Å². The normalized spacial score (nSPS) is 14.0. The van der Waals surface area contributed by atoms with Crippen molar-refractivity contribution >= 4 is 94.9 Å². The number of aliphatic carboxylic acids is 1. The first-order chi connectivity index (χ1) is 43.8. The van der Waals surface area contributed by atoms with E-state index in [1.165, 1.54) is 0 Å². The van der Waals surface area contributed by atoms with Crippen molar-refractivity contribution in [3.63, 3.8) is 0 Å². The molecule has 0 saturated heterocycles. The number of carboxylic acid groups (broad SMARTS) is 1. The minimum Gasteiger partial charge on any atom is -0.480 e. The van der Waals surface area contributed by atoms with Crippen molar-refractivity contribution in [1.29, 1.82) is 0 Å². The van der Waals surface area contributed by atoms with Gasteiger partial charge in [0, 0.05) is 45.7 Å². The molecule has 0 spiro atoms. The zero-order valence-electron chi connectivity index (χ0n) is 53.3. The summed E-state index contributed by atoms with van der Waals surface area (Å²) in [5.74, 6) is -11.6. The molecule has 9 amide bonds. The number of nitrogens with two attached hydrogens (primary N) is 15. The number of hydrogen-bond donors (Lipinski definition) is 24. The molecule has 93 heavy (non-hydrogen) atoms. The van der Waals surface area contributed by atoms with Crippen molar-refractivity contribution in [2.24, 2.45) is 122 Å². The van der Waals surface area contributed by atoms with Gasteiger partial charge in [0.25, 0.3) is 0 Å². The molecule has 40 heteroatoms. The van der Waals surface area contributed by atoms with Gasteiger partial charge in [0.2, 0.25) is 53.2 Å². The van der Waals surface area contributed by atoms with E-state index in [0.717, 1.165) is 0 Å². The summed E-state index contributed by atoms with van der Waals surface area (Å²) in [5, 5.41) is 30.7. The number of primary amides is 1. The highest BCUT2D eigenvalue weighted by Gasteiger charge is 2.36. The molecule has 39 N–H and O–H groups in total. The number of carbonyl (C=O) groups excluding carboxylic acids is 9. The zero-order valence-corrected chi connectivity index (χ0v) is 53.3. The van der Waals surface area contributed by atoms with Crippen LogP contribution in [0.2, 0.25) is 0 Å². The van der Waals surface area contributed by atoms with Crippen LogP contribution < -0.4 is 129 Å². The fourth-order valence-corrected chi connectivity index (χ4v) is 8.68. The van der Waals surface area contributed by atoms with Gasteiger partial charge in [-0.25, -0.2) is 4.79 Å². The molecule has 0 unspecified atom stereocenters. The number of aliphatic imine (C=N–C) groups is 6. The van der Waals surface area contributed by atoms with E-state index in [-0.39, 0.29) is 159 Å². The Bertz CT molecular complexity index is 2560. The van der Waals surface area contributed by atoms with Gasteiger partial charge in [-0.15, -0.1) is 0 Å². The van der Waals surface area contributed by atoms with Gasteiger partial charge in [0.15, 0.2) is 35.8 Å². The van der Waals surface area contributed by atoms with Gasteiger partial charge in [-0.3, -0.25) is 73.1 Å². The van der Waals surface area contributed by atoms with Crippen LogP contribution in [0.5, 0.6) is 0 Å². The Labute approximate surface area is 540 Å². The number of nitrogens with zero attached hydrogens (tertiary/aromatic N) is 6. The fourth-order valence-electron chi connectivity index (χ4n) is 8.68. The monoisotopic (exact) mass is 1320 g/mol. The molecule has 40 nitrogen and oxygen atoms in total. The lowest BCUT2D eigenvalue weighted by molar-refractivity contribution is -0.142. The van der Waals surface area contributed by atoms with E-state index in [2.05, 4.69) is 72.5 Å². The second-order valence-electron chi connectivity index (χ2n) is 21.7. The van der Waals surface area contributed by atoms with Crippen molar-refractivity contribution in [3.8, 4) is 0 Å². The molecule has 0 fully saturated rings. The van der Waals surface area contributed by atoms with Crippen molar-refractivity contribution in [2.45, 2.75) is 184 Å². The number of guanidine groups is 6. The summed E-state index contributed by atoms with van der Waals surface area (Å²) in [7, 11) is 0. The van der Waals surface area contributed by atoms with Crippen LogP contribution >= 0.6 is 0 Å². The molecule has 0 rings (SSSR count). The zero-order chi connectivity index (χ0) is 70.6. The quantitative estimate of drug-likeness (QED) is 0.0153. The van der Waals surface area contributed by atoms with E-state index in [1.807, 2.05) is 0 Å². The van der Waals surface area contributed by atoms with E-state index < -0.39 is 132 Å². The molecule has 528 valence electrons. The number of hydrogen-bond acceptors (Lipinski definition) is 18. The Hall–Kier alpha value is -9.76. The number of unbranched alkanes of at least 4 members (excludes halogenated alkanes) is 1. The largest absolute Gasteiger partial charge is 0.480 e. The third-order valence-electron chi connectivity index (χ3n) is 13.9. The molecule has 0 aliphatic carbocycles. The first kappa shape index (κ1) is 83.2. The maximum absolute atomic E-state index is 14.6. The number of carbonyl (C=O) groups is 10. The summed E-state index contributed by atoms with van der Waals surface area (Å²) in [6, 6.07) is -12.8. The van der Waals surface area contributed by atoms with Crippen LogP contribution in [0.25, 0.3) is 0 Å². The summed E-state index contributed by atoms with van der Waals surface area (Å²) >= 11 is 0. The van der Waals surface area contributed by atoms with Crippen LogP contribution in [0.15, 0.2) is 30.0 Å². The molecule has 10 atom stereocenters. The summed E-state index contributed by atoms with van der Waals surface area (Å²) in [5.41, 5.74) is 83.2. The van der Waals surface area contributed by atoms with Gasteiger partial charge in [0.1, 0.15) is 48.3 Å². The summed E-state index contributed by atoms with van der Waals surface area (Å²) in [4.78, 5) is 162. The van der Waals surface area contributed by atoms with E-state index in [0.29, 0.717) is 25.7 Å². The third-order valence-corrected chi connectivity index (χ3v) is 13.9. The highest BCUT2D eigenvalue weighted by Crippen LogP contribution is 2.14. The van der Waals surface area contributed by atoms with Crippen LogP contribution in [0.1, 0.15) is 129 Å². The SMILES string of the molecule is CC[C@H](C)[C@H](NC(=O)[C@H](CCCCN)NC(=O)[C@H](N)CCCN=C(N)N)C(=O)N[C@@H](CCCN=C(N)N)C(=O)N[C@H](CCCN=C(N)N)C(=O)N[C@@H](CCC(N)=O)C(=O)N[C@@H](CCCN=C(N)N)C(=O)N[C@@H](CCCN=C(N)N)C(=O)N[C@H](CCCN=C(N)N)C(=O)O. The van der Waals surface area contributed by atoms with Crippen molar-refractivity contribution in [3.05, 3.63) is 0 Å². The second-order valence-corrected chi connectivity index (χ2v) is 21.7. The average molecular weight is 1320 g/mol. The molecule has 0 saturated carbocycles. The highest BCUT2D eigenvalue weighted by molar-refractivity contribution is 5.98. The van der Waals surface area contributed by atoms with Gasteiger partial charge >= 0.3 is 5.97 Å². The molecule has 0 radical (unpaired) electrons. The molecule has 0 heterocycles. The maximum Gasteiger partial charge on any atom is 0.326 e.